The summed E-state index contributed by atoms with van der Waals surface area (Å²) in [6.45, 7) is 0. The summed E-state index contributed by atoms with van der Waals surface area (Å²) < 4.78 is 0. The first kappa shape index (κ1) is 13.7. The van der Waals surface area contributed by atoms with Gasteiger partial charge < -0.3 is 11.1 Å². The van der Waals surface area contributed by atoms with Crippen LogP contribution in [0, 0.1) is 0 Å². The van der Waals surface area contributed by atoms with Crippen LogP contribution in [0.2, 0.25) is 5.02 Å². The molecule has 5 nitrogen and oxygen atoms in total. The summed E-state index contributed by atoms with van der Waals surface area (Å²) in [5.41, 5.74) is 9.54. The van der Waals surface area contributed by atoms with Crippen LogP contribution in [-0.4, -0.2) is 22.0 Å². The molecule has 21 heavy (non-hydrogen) atoms. The third kappa shape index (κ3) is 2.66. The fraction of sp³-hybridized carbons (Fsp3) is 0.133. The quantitative estimate of drug-likeness (QED) is 0.777. The summed E-state index contributed by atoms with van der Waals surface area (Å²) in [6.07, 6.45) is 4.89. The van der Waals surface area contributed by atoms with Crippen LogP contribution in [0.5, 0.6) is 0 Å². The van der Waals surface area contributed by atoms with Crippen LogP contribution in [0.4, 0.5) is 5.82 Å². The van der Waals surface area contributed by atoms with Gasteiger partial charge in [-0.3, -0.25) is 9.97 Å². The van der Waals surface area contributed by atoms with Crippen LogP contribution in [-0.2, 0) is 0 Å². The van der Waals surface area contributed by atoms with E-state index in [1.807, 2.05) is 31.3 Å². The van der Waals surface area contributed by atoms with E-state index in [9.17, 15) is 0 Å². The first-order valence-corrected chi connectivity index (χ1v) is 6.85. The SMILES string of the molecule is CNC(c1ccc2nccnc2c1)c1cc(Cl)cnc1N. The predicted molar refractivity (Wildman–Crippen MR) is 84.1 cm³/mol. The van der Waals surface area contributed by atoms with Crippen molar-refractivity contribution in [2.75, 3.05) is 12.8 Å². The maximum atomic E-state index is 6.03. The van der Waals surface area contributed by atoms with Crippen molar-refractivity contribution in [2.24, 2.45) is 0 Å². The molecule has 0 aliphatic rings. The van der Waals surface area contributed by atoms with Crippen molar-refractivity contribution >= 4 is 28.5 Å². The minimum Gasteiger partial charge on any atom is -0.383 e. The number of anilines is 1. The molecule has 0 aliphatic carbocycles. The van der Waals surface area contributed by atoms with Crippen molar-refractivity contribution < 1.29 is 0 Å². The topological polar surface area (TPSA) is 76.7 Å². The minimum absolute atomic E-state index is 0.109. The van der Waals surface area contributed by atoms with E-state index >= 15 is 0 Å². The lowest BCUT2D eigenvalue weighted by atomic mass is 9.99. The predicted octanol–water partition coefficient (Wildman–Crippen LogP) is 2.57. The number of hydrogen-bond acceptors (Lipinski definition) is 5. The molecule has 3 rings (SSSR count). The highest BCUT2D eigenvalue weighted by atomic mass is 35.5. The molecule has 3 aromatic rings. The van der Waals surface area contributed by atoms with Crippen molar-refractivity contribution in [1.82, 2.24) is 20.3 Å². The molecule has 2 aromatic heterocycles. The first-order valence-electron chi connectivity index (χ1n) is 6.48. The Balaban J connectivity index is 2.11. The Morgan fingerprint density at radius 2 is 1.86 bits per heavy atom. The van der Waals surface area contributed by atoms with E-state index in [1.165, 1.54) is 0 Å². The van der Waals surface area contributed by atoms with Crippen LogP contribution in [0.25, 0.3) is 11.0 Å². The molecule has 0 aliphatic heterocycles. The van der Waals surface area contributed by atoms with Gasteiger partial charge in [0.2, 0.25) is 0 Å². The van der Waals surface area contributed by atoms with Crippen LogP contribution < -0.4 is 11.1 Å². The Kier molecular flexibility index (Phi) is 3.68. The Bertz CT molecular complexity index is 790. The van der Waals surface area contributed by atoms with Gasteiger partial charge in [-0.25, -0.2) is 4.98 Å². The Morgan fingerprint density at radius 1 is 1.10 bits per heavy atom. The van der Waals surface area contributed by atoms with Crippen molar-refractivity contribution in [3.8, 4) is 0 Å². The number of benzene rings is 1. The van der Waals surface area contributed by atoms with E-state index in [1.54, 1.807) is 18.6 Å². The van der Waals surface area contributed by atoms with E-state index in [-0.39, 0.29) is 6.04 Å². The molecule has 106 valence electrons. The smallest absolute Gasteiger partial charge is 0.128 e. The number of halogens is 1. The second kappa shape index (κ2) is 5.63. The highest BCUT2D eigenvalue weighted by Crippen LogP contribution is 2.28. The van der Waals surface area contributed by atoms with Gasteiger partial charge >= 0.3 is 0 Å². The molecule has 0 amide bonds. The molecule has 0 fully saturated rings. The zero-order chi connectivity index (χ0) is 14.8. The number of aromatic nitrogens is 3. The fourth-order valence-electron chi connectivity index (χ4n) is 2.36. The van der Waals surface area contributed by atoms with Crippen LogP contribution in [0.3, 0.4) is 0 Å². The molecule has 0 bridgehead atoms. The van der Waals surface area contributed by atoms with Gasteiger partial charge in [0, 0.05) is 24.2 Å². The van der Waals surface area contributed by atoms with E-state index in [4.69, 9.17) is 17.3 Å². The zero-order valence-electron chi connectivity index (χ0n) is 11.4. The number of nitrogens with two attached hydrogens (primary N) is 1. The Labute approximate surface area is 127 Å². The van der Waals surface area contributed by atoms with Gasteiger partial charge in [0.25, 0.3) is 0 Å². The van der Waals surface area contributed by atoms with Gasteiger partial charge in [-0.2, -0.15) is 0 Å². The second-order valence-corrected chi connectivity index (χ2v) is 5.09. The summed E-state index contributed by atoms with van der Waals surface area (Å²) in [7, 11) is 1.87. The van der Waals surface area contributed by atoms with Crippen molar-refractivity contribution in [3.63, 3.8) is 0 Å². The fourth-order valence-corrected chi connectivity index (χ4v) is 2.52. The lowest BCUT2D eigenvalue weighted by Gasteiger charge is -2.19. The number of hydrogen-bond donors (Lipinski definition) is 2. The highest BCUT2D eigenvalue weighted by molar-refractivity contribution is 6.30. The van der Waals surface area contributed by atoms with E-state index < -0.39 is 0 Å². The molecule has 1 unspecified atom stereocenters. The third-order valence-electron chi connectivity index (χ3n) is 3.34. The van der Waals surface area contributed by atoms with Crippen molar-refractivity contribution in [3.05, 3.63) is 59.0 Å². The average Bonchev–Trinajstić information content (AvgIpc) is 2.51. The molecular weight excluding hydrogens is 286 g/mol. The van der Waals surface area contributed by atoms with Gasteiger partial charge in [0.1, 0.15) is 5.82 Å². The summed E-state index contributed by atoms with van der Waals surface area (Å²) in [5, 5.41) is 3.80. The van der Waals surface area contributed by atoms with Gasteiger partial charge in [-0.1, -0.05) is 17.7 Å². The van der Waals surface area contributed by atoms with Crippen LogP contribution in [0.1, 0.15) is 17.2 Å². The molecular formula is C15H14ClN5. The highest BCUT2D eigenvalue weighted by Gasteiger charge is 2.17. The number of nitrogens with one attached hydrogen (secondary N) is 1. The minimum atomic E-state index is -0.109. The molecule has 0 saturated heterocycles. The molecule has 2 heterocycles. The molecule has 6 heteroatoms. The molecule has 0 saturated carbocycles. The summed E-state index contributed by atoms with van der Waals surface area (Å²) >= 11 is 6.03. The Hall–Kier alpha value is -2.24. The first-order chi connectivity index (χ1) is 10.2. The average molecular weight is 300 g/mol. The summed E-state index contributed by atoms with van der Waals surface area (Å²) in [5.74, 6) is 0.456. The third-order valence-corrected chi connectivity index (χ3v) is 3.55. The maximum Gasteiger partial charge on any atom is 0.128 e. The zero-order valence-corrected chi connectivity index (χ0v) is 12.2. The Morgan fingerprint density at radius 3 is 2.62 bits per heavy atom. The van der Waals surface area contributed by atoms with Gasteiger partial charge in [0.15, 0.2) is 0 Å². The number of pyridine rings is 1. The maximum absolute atomic E-state index is 6.03. The molecule has 0 spiro atoms. The number of nitrogen functional groups attached to an aromatic ring is 1. The normalized spacial score (nSPS) is 12.5. The van der Waals surface area contributed by atoms with E-state index in [0.29, 0.717) is 10.8 Å². The lowest BCUT2D eigenvalue weighted by molar-refractivity contribution is 0.692. The van der Waals surface area contributed by atoms with Crippen LogP contribution in [0.15, 0.2) is 42.9 Å². The molecule has 1 aromatic carbocycles. The van der Waals surface area contributed by atoms with Gasteiger partial charge in [-0.05, 0) is 30.8 Å². The number of fused-ring (bicyclic) bond motifs is 1. The largest absolute Gasteiger partial charge is 0.383 e. The summed E-state index contributed by atoms with van der Waals surface area (Å²) in [6, 6.07) is 7.65. The molecule has 1 atom stereocenters. The molecule has 0 radical (unpaired) electrons. The van der Waals surface area contributed by atoms with Gasteiger partial charge in [-0.15, -0.1) is 0 Å². The van der Waals surface area contributed by atoms with Crippen molar-refractivity contribution in [2.45, 2.75) is 6.04 Å². The monoisotopic (exact) mass is 299 g/mol. The van der Waals surface area contributed by atoms with Crippen LogP contribution >= 0.6 is 11.6 Å². The standard InChI is InChI=1S/C15H14ClN5/c1-18-14(11-7-10(16)8-21-15(11)17)9-2-3-12-13(6-9)20-5-4-19-12/h2-8,14,18H,1H3,(H2,17,21). The van der Waals surface area contributed by atoms with E-state index in [0.717, 1.165) is 22.2 Å². The number of nitrogens with zero attached hydrogens (tertiary/aromatic N) is 3. The second-order valence-electron chi connectivity index (χ2n) is 4.65. The van der Waals surface area contributed by atoms with Gasteiger partial charge in [0.05, 0.1) is 22.1 Å². The summed E-state index contributed by atoms with van der Waals surface area (Å²) in [4.78, 5) is 12.7. The molecule has 3 N–H and O–H groups in total. The lowest BCUT2D eigenvalue weighted by Crippen LogP contribution is -2.19. The number of rotatable bonds is 3. The van der Waals surface area contributed by atoms with Crippen molar-refractivity contribution in [1.29, 1.82) is 0 Å². The van der Waals surface area contributed by atoms with E-state index in [2.05, 4.69) is 20.3 Å².